The third-order valence-corrected chi connectivity index (χ3v) is 4.49. The van der Waals surface area contributed by atoms with Gasteiger partial charge in [0, 0.05) is 30.3 Å². The molecular formula is C15H23N3O2. The third kappa shape index (κ3) is 2.99. The lowest BCUT2D eigenvalue weighted by Crippen LogP contribution is -2.56. The van der Waals surface area contributed by atoms with Crippen LogP contribution in [0.4, 0.5) is 5.69 Å². The van der Waals surface area contributed by atoms with Gasteiger partial charge in [0.05, 0.1) is 4.92 Å². The first-order chi connectivity index (χ1) is 9.44. The van der Waals surface area contributed by atoms with Crippen LogP contribution in [0.15, 0.2) is 18.2 Å². The zero-order chi connectivity index (χ0) is 14.8. The van der Waals surface area contributed by atoms with Gasteiger partial charge < -0.3 is 10.2 Å². The SMILES string of the molecule is Cc1ccc(CNCC2(N(C)C)CCC2)cc1[N+](=O)[O-]. The number of hydrogen-bond acceptors (Lipinski definition) is 4. The fourth-order valence-corrected chi connectivity index (χ4v) is 2.77. The Balaban J connectivity index is 1.94. The van der Waals surface area contributed by atoms with E-state index in [1.54, 1.807) is 13.0 Å². The van der Waals surface area contributed by atoms with Crippen LogP contribution in [-0.2, 0) is 6.54 Å². The van der Waals surface area contributed by atoms with E-state index in [0.29, 0.717) is 12.1 Å². The molecule has 1 saturated carbocycles. The molecule has 1 aromatic carbocycles. The zero-order valence-corrected chi connectivity index (χ0v) is 12.5. The number of rotatable bonds is 6. The second kappa shape index (κ2) is 5.89. The Morgan fingerprint density at radius 3 is 2.60 bits per heavy atom. The monoisotopic (exact) mass is 277 g/mol. The highest BCUT2D eigenvalue weighted by Gasteiger charge is 2.38. The fraction of sp³-hybridized carbons (Fsp3) is 0.600. The van der Waals surface area contributed by atoms with E-state index >= 15 is 0 Å². The number of nitrogens with zero attached hydrogens (tertiary/aromatic N) is 2. The Bertz CT molecular complexity index is 496. The molecule has 0 unspecified atom stereocenters. The van der Waals surface area contributed by atoms with Crippen molar-refractivity contribution in [3.8, 4) is 0 Å². The van der Waals surface area contributed by atoms with Crippen LogP contribution in [0.1, 0.15) is 30.4 Å². The van der Waals surface area contributed by atoms with E-state index in [-0.39, 0.29) is 16.1 Å². The summed E-state index contributed by atoms with van der Waals surface area (Å²) in [4.78, 5) is 12.9. The number of likely N-dealkylation sites (N-methyl/N-ethyl adjacent to an activating group) is 1. The molecule has 5 nitrogen and oxygen atoms in total. The van der Waals surface area contributed by atoms with Gasteiger partial charge in [-0.05, 0) is 45.8 Å². The molecule has 20 heavy (non-hydrogen) atoms. The lowest BCUT2D eigenvalue weighted by Gasteiger charge is -2.47. The van der Waals surface area contributed by atoms with Crippen LogP contribution in [0.2, 0.25) is 0 Å². The van der Waals surface area contributed by atoms with E-state index in [9.17, 15) is 10.1 Å². The van der Waals surface area contributed by atoms with Crippen molar-refractivity contribution < 1.29 is 4.92 Å². The van der Waals surface area contributed by atoms with Gasteiger partial charge in [-0.3, -0.25) is 10.1 Å². The highest BCUT2D eigenvalue weighted by molar-refractivity contribution is 5.42. The Kier molecular flexibility index (Phi) is 4.40. The van der Waals surface area contributed by atoms with Crippen LogP contribution in [0.3, 0.4) is 0 Å². The van der Waals surface area contributed by atoms with Gasteiger partial charge in [0.2, 0.25) is 0 Å². The largest absolute Gasteiger partial charge is 0.311 e. The molecular weight excluding hydrogens is 254 g/mol. The van der Waals surface area contributed by atoms with Gasteiger partial charge in [-0.25, -0.2) is 0 Å². The first-order valence-electron chi connectivity index (χ1n) is 7.07. The molecule has 5 heteroatoms. The van der Waals surface area contributed by atoms with Crippen molar-refractivity contribution in [2.45, 2.75) is 38.3 Å². The molecule has 0 saturated heterocycles. The summed E-state index contributed by atoms with van der Waals surface area (Å²) in [6.45, 7) is 3.38. The Morgan fingerprint density at radius 1 is 1.40 bits per heavy atom. The summed E-state index contributed by atoms with van der Waals surface area (Å²) in [6, 6.07) is 5.45. The number of benzene rings is 1. The average molecular weight is 277 g/mol. The maximum absolute atomic E-state index is 10.9. The van der Waals surface area contributed by atoms with Crippen LogP contribution in [0.5, 0.6) is 0 Å². The van der Waals surface area contributed by atoms with Gasteiger partial charge in [0.1, 0.15) is 0 Å². The first kappa shape index (κ1) is 14.9. The van der Waals surface area contributed by atoms with Crippen LogP contribution >= 0.6 is 0 Å². The number of nitrogens with one attached hydrogen (secondary N) is 1. The molecule has 2 rings (SSSR count). The number of aryl methyl sites for hydroxylation is 1. The molecule has 1 aliphatic rings. The third-order valence-electron chi connectivity index (χ3n) is 4.49. The van der Waals surface area contributed by atoms with Crippen molar-refractivity contribution in [3.63, 3.8) is 0 Å². The maximum atomic E-state index is 10.9. The molecule has 0 atom stereocenters. The van der Waals surface area contributed by atoms with E-state index in [4.69, 9.17) is 0 Å². The van der Waals surface area contributed by atoms with Crippen LogP contribution in [-0.4, -0.2) is 36.0 Å². The predicted molar refractivity (Wildman–Crippen MR) is 79.8 cm³/mol. The van der Waals surface area contributed by atoms with Crippen LogP contribution in [0, 0.1) is 17.0 Å². The molecule has 1 N–H and O–H groups in total. The molecule has 0 aliphatic heterocycles. The van der Waals surface area contributed by atoms with Crippen LogP contribution in [0.25, 0.3) is 0 Å². The Morgan fingerprint density at radius 2 is 2.10 bits per heavy atom. The number of nitro benzene ring substituents is 1. The minimum atomic E-state index is -0.313. The molecule has 0 heterocycles. The van der Waals surface area contributed by atoms with Gasteiger partial charge in [-0.2, -0.15) is 0 Å². The number of hydrogen-bond donors (Lipinski definition) is 1. The minimum Gasteiger partial charge on any atom is -0.311 e. The average Bonchev–Trinajstić information content (AvgIpc) is 2.33. The van der Waals surface area contributed by atoms with Crippen molar-refractivity contribution in [3.05, 3.63) is 39.4 Å². The predicted octanol–water partition coefficient (Wildman–Crippen LogP) is 2.48. The molecule has 1 aromatic rings. The normalized spacial score (nSPS) is 17.0. The molecule has 1 fully saturated rings. The summed E-state index contributed by atoms with van der Waals surface area (Å²) >= 11 is 0. The summed E-state index contributed by atoms with van der Waals surface area (Å²) in [5.41, 5.74) is 2.16. The summed E-state index contributed by atoms with van der Waals surface area (Å²) in [7, 11) is 4.25. The topological polar surface area (TPSA) is 58.4 Å². The van der Waals surface area contributed by atoms with E-state index in [1.807, 2.05) is 12.1 Å². The van der Waals surface area contributed by atoms with Crippen molar-refractivity contribution >= 4 is 5.69 Å². The van der Waals surface area contributed by atoms with Gasteiger partial charge in [0.25, 0.3) is 5.69 Å². The molecule has 110 valence electrons. The van der Waals surface area contributed by atoms with E-state index in [0.717, 1.165) is 12.1 Å². The molecule has 1 aliphatic carbocycles. The minimum absolute atomic E-state index is 0.204. The van der Waals surface area contributed by atoms with Crippen molar-refractivity contribution in [2.24, 2.45) is 0 Å². The second-order valence-corrected chi connectivity index (χ2v) is 5.95. The molecule has 0 bridgehead atoms. The lowest BCUT2D eigenvalue weighted by atomic mass is 9.75. The molecule has 0 aromatic heterocycles. The van der Waals surface area contributed by atoms with Gasteiger partial charge in [0.15, 0.2) is 0 Å². The van der Waals surface area contributed by atoms with E-state index in [2.05, 4.69) is 24.3 Å². The van der Waals surface area contributed by atoms with E-state index < -0.39 is 0 Å². The molecule has 0 radical (unpaired) electrons. The lowest BCUT2D eigenvalue weighted by molar-refractivity contribution is -0.385. The molecule has 0 amide bonds. The van der Waals surface area contributed by atoms with Gasteiger partial charge >= 0.3 is 0 Å². The standard InChI is InChI=1S/C15H23N3O2/c1-12-5-6-13(9-14(12)18(19)20)10-16-11-15(17(2)3)7-4-8-15/h5-6,9,16H,4,7-8,10-11H2,1-3H3. The quantitative estimate of drug-likeness (QED) is 0.641. The highest BCUT2D eigenvalue weighted by Crippen LogP contribution is 2.35. The number of nitro groups is 1. The first-order valence-corrected chi connectivity index (χ1v) is 7.07. The second-order valence-electron chi connectivity index (χ2n) is 5.95. The highest BCUT2D eigenvalue weighted by atomic mass is 16.6. The molecule has 0 spiro atoms. The van der Waals surface area contributed by atoms with Crippen LogP contribution < -0.4 is 5.32 Å². The Labute approximate surface area is 120 Å². The summed E-state index contributed by atoms with van der Waals surface area (Å²) in [5.74, 6) is 0. The van der Waals surface area contributed by atoms with Gasteiger partial charge in [-0.1, -0.05) is 12.1 Å². The van der Waals surface area contributed by atoms with Gasteiger partial charge in [-0.15, -0.1) is 0 Å². The summed E-state index contributed by atoms with van der Waals surface area (Å²) in [6.07, 6.45) is 3.73. The van der Waals surface area contributed by atoms with E-state index in [1.165, 1.54) is 19.3 Å². The Hall–Kier alpha value is -1.46. The van der Waals surface area contributed by atoms with Crippen molar-refractivity contribution in [1.29, 1.82) is 0 Å². The van der Waals surface area contributed by atoms with Crippen molar-refractivity contribution in [2.75, 3.05) is 20.6 Å². The smallest absolute Gasteiger partial charge is 0.272 e. The zero-order valence-electron chi connectivity index (χ0n) is 12.5. The maximum Gasteiger partial charge on any atom is 0.272 e. The van der Waals surface area contributed by atoms with Crippen molar-refractivity contribution in [1.82, 2.24) is 10.2 Å². The summed E-state index contributed by atoms with van der Waals surface area (Å²) in [5, 5.41) is 14.4. The summed E-state index contributed by atoms with van der Waals surface area (Å²) < 4.78 is 0. The fourth-order valence-electron chi connectivity index (χ4n) is 2.77.